The molecule has 0 saturated heterocycles. The molecule has 0 fully saturated rings. The van der Waals surface area contributed by atoms with Crippen LogP contribution in [-0.4, -0.2) is 34.6 Å². The second-order valence-electron chi connectivity index (χ2n) is 6.22. The summed E-state index contributed by atoms with van der Waals surface area (Å²) in [5.41, 5.74) is 1.27. The smallest absolute Gasteiger partial charge is 0.249 e. The highest BCUT2D eigenvalue weighted by molar-refractivity contribution is 6.36. The minimum atomic E-state index is -0.275. The summed E-state index contributed by atoms with van der Waals surface area (Å²) in [5.74, 6) is 0.502. The second kappa shape index (κ2) is 8.92. The zero-order valence-corrected chi connectivity index (χ0v) is 17.4. The van der Waals surface area contributed by atoms with E-state index in [1.54, 1.807) is 54.4 Å². The average Bonchev–Trinajstić information content (AvgIpc) is 3.12. The molecule has 1 atom stereocenters. The molecule has 0 aliphatic heterocycles. The normalized spacial score (nSPS) is 12.2. The molecule has 0 aliphatic carbocycles. The van der Waals surface area contributed by atoms with Crippen molar-refractivity contribution in [2.75, 3.05) is 18.9 Å². The quantitative estimate of drug-likeness (QED) is 0.562. The van der Waals surface area contributed by atoms with Crippen molar-refractivity contribution in [1.82, 2.24) is 15.1 Å². The van der Waals surface area contributed by atoms with Crippen LogP contribution in [0.5, 0.6) is 0 Å². The van der Waals surface area contributed by atoms with Gasteiger partial charge in [-0.1, -0.05) is 34.8 Å². The van der Waals surface area contributed by atoms with Crippen LogP contribution in [0.4, 0.5) is 5.69 Å². The first-order valence-electron chi connectivity index (χ1n) is 8.38. The number of halogens is 3. The Balaban J connectivity index is 1.64. The van der Waals surface area contributed by atoms with E-state index >= 15 is 0 Å². The number of hydrogen-bond acceptors (Lipinski definition) is 5. The van der Waals surface area contributed by atoms with Gasteiger partial charge in [0.2, 0.25) is 17.7 Å². The van der Waals surface area contributed by atoms with Crippen molar-refractivity contribution in [3.05, 3.63) is 63.4 Å². The van der Waals surface area contributed by atoms with Gasteiger partial charge in [-0.05, 0) is 56.4 Å². The van der Waals surface area contributed by atoms with Crippen molar-refractivity contribution in [3.63, 3.8) is 0 Å². The van der Waals surface area contributed by atoms with E-state index in [2.05, 4.69) is 15.5 Å². The first-order valence-corrected chi connectivity index (χ1v) is 9.51. The first-order chi connectivity index (χ1) is 13.3. The third-order valence-corrected chi connectivity index (χ3v) is 4.94. The number of carbonyl (C=O) groups excluding carboxylic acids is 1. The number of benzene rings is 2. The van der Waals surface area contributed by atoms with E-state index in [4.69, 9.17) is 39.2 Å². The van der Waals surface area contributed by atoms with Crippen molar-refractivity contribution >= 4 is 46.4 Å². The molecule has 1 amide bonds. The fraction of sp³-hybridized carbons (Fsp3) is 0.211. The molecule has 1 unspecified atom stereocenters. The lowest BCUT2D eigenvalue weighted by molar-refractivity contribution is -0.117. The van der Waals surface area contributed by atoms with Crippen LogP contribution in [0.25, 0.3) is 11.5 Å². The van der Waals surface area contributed by atoms with E-state index in [9.17, 15) is 4.79 Å². The van der Waals surface area contributed by atoms with Crippen LogP contribution in [0.15, 0.2) is 46.9 Å². The summed E-state index contributed by atoms with van der Waals surface area (Å²) in [7, 11) is 1.80. The Kier molecular flexibility index (Phi) is 6.57. The lowest BCUT2D eigenvalue weighted by atomic mass is 10.2. The molecule has 1 N–H and O–H groups in total. The number of aromatic nitrogens is 2. The van der Waals surface area contributed by atoms with Crippen molar-refractivity contribution in [1.29, 1.82) is 0 Å². The number of rotatable bonds is 6. The Morgan fingerprint density at radius 2 is 1.79 bits per heavy atom. The van der Waals surface area contributed by atoms with Gasteiger partial charge in [-0.2, -0.15) is 0 Å². The highest BCUT2D eigenvalue weighted by atomic mass is 35.5. The number of likely N-dealkylation sites (N-methyl/N-ethyl adjacent to an activating group) is 1. The predicted octanol–water partition coefficient (Wildman–Crippen LogP) is 5.33. The zero-order chi connectivity index (χ0) is 20.3. The van der Waals surface area contributed by atoms with E-state index in [1.807, 2.05) is 6.92 Å². The predicted molar refractivity (Wildman–Crippen MR) is 111 cm³/mol. The van der Waals surface area contributed by atoms with Crippen LogP contribution in [0, 0.1) is 0 Å². The summed E-state index contributed by atoms with van der Waals surface area (Å²) in [5, 5.41) is 12.5. The lowest BCUT2D eigenvalue weighted by Crippen LogP contribution is -2.32. The number of carbonyl (C=O) groups is 1. The van der Waals surface area contributed by atoms with E-state index in [1.165, 1.54) is 0 Å². The van der Waals surface area contributed by atoms with E-state index in [0.717, 1.165) is 0 Å². The monoisotopic (exact) mass is 438 g/mol. The Morgan fingerprint density at radius 3 is 2.46 bits per heavy atom. The molecule has 2 aromatic carbocycles. The van der Waals surface area contributed by atoms with Gasteiger partial charge in [0.1, 0.15) is 0 Å². The third kappa shape index (κ3) is 5.02. The molecule has 0 bridgehead atoms. The van der Waals surface area contributed by atoms with Gasteiger partial charge in [0.15, 0.2) is 0 Å². The minimum Gasteiger partial charge on any atom is -0.419 e. The van der Waals surface area contributed by atoms with Gasteiger partial charge >= 0.3 is 0 Å². The standard InChI is InChI=1S/C19H17Cl3N4O2/c1-11(26(2)10-17(27)23-14-6-3-12(20)4-7-14)18-24-25-19(28-18)15-8-5-13(21)9-16(15)22/h3-9,11H,10H2,1-2H3,(H,23,27). The van der Waals surface area contributed by atoms with E-state index in [-0.39, 0.29) is 18.5 Å². The summed E-state index contributed by atoms with van der Waals surface area (Å²) in [6.07, 6.45) is 0. The maximum atomic E-state index is 12.3. The van der Waals surface area contributed by atoms with Gasteiger partial charge in [0.05, 0.1) is 23.2 Å². The molecule has 1 heterocycles. The second-order valence-corrected chi connectivity index (χ2v) is 7.50. The SMILES string of the molecule is CC(c1nnc(-c2ccc(Cl)cc2Cl)o1)N(C)CC(=O)Nc1ccc(Cl)cc1. The summed E-state index contributed by atoms with van der Waals surface area (Å²) in [4.78, 5) is 14.1. The number of hydrogen-bond donors (Lipinski definition) is 1. The van der Waals surface area contributed by atoms with Gasteiger partial charge in [-0.15, -0.1) is 10.2 Å². The minimum absolute atomic E-state index is 0.142. The summed E-state index contributed by atoms with van der Waals surface area (Å²) < 4.78 is 5.75. The molecular weight excluding hydrogens is 423 g/mol. The largest absolute Gasteiger partial charge is 0.419 e. The zero-order valence-electron chi connectivity index (χ0n) is 15.1. The van der Waals surface area contributed by atoms with Crippen molar-refractivity contribution < 1.29 is 9.21 Å². The number of nitrogens with zero attached hydrogens (tertiary/aromatic N) is 3. The molecule has 0 spiro atoms. The molecular formula is C19H17Cl3N4O2. The average molecular weight is 440 g/mol. The van der Waals surface area contributed by atoms with Crippen molar-refractivity contribution in [3.8, 4) is 11.5 Å². The highest BCUT2D eigenvalue weighted by Crippen LogP contribution is 2.30. The fourth-order valence-corrected chi connectivity index (χ4v) is 3.08. The Bertz CT molecular complexity index is 976. The lowest BCUT2D eigenvalue weighted by Gasteiger charge is -2.21. The topological polar surface area (TPSA) is 71.3 Å². The van der Waals surface area contributed by atoms with Gasteiger partial charge < -0.3 is 9.73 Å². The van der Waals surface area contributed by atoms with Crippen LogP contribution in [0.2, 0.25) is 15.1 Å². The molecule has 28 heavy (non-hydrogen) atoms. The maximum Gasteiger partial charge on any atom is 0.249 e. The van der Waals surface area contributed by atoms with E-state index in [0.29, 0.717) is 38.1 Å². The summed E-state index contributed by atoms with van der Waals surface area (Å²) in [6, 6.07) is 11.7. The molecule has 0 aliphatic rings. The fourth-order valence-electron chi connectivity index (χ4n) is 2.46. The summed E-state index contributed by atoms with van der Waals surface area (Å²) >= 11 is 17.9. The van der Waals surface area contributed by atoms with Gasteiger partial charge in [0, 0.05) is 15.7 Å². The highest BCUT2D eigenvalue weighted by Gasteiger charge is 2.21. The van der Waals surface area contributed by atoms with Gasteiger partial charge in [-0.25, -0.2) is 0 Å². The number of nitrogens with one attached hydrogen (secondary N) is 1. The summed E-state index contributed by atoms with van der Waals surface area (Å²) in [6.45, 7) is 2.01. The van der Waals surface area contributed by atoms with Crippen molar-refractivity contribution in [2.24, 2.45) is 0 Å². The Labute approximate surface area is 177 Å². The number of amides is 1. The Hall–Kier alpha value is -2.12. The number of anilines is 1. The van der Waals surface area contributed by atoms with Crippen LogP contribution < -0.4 is 5.32 Å². The molecule has 146 valence electrons. The van der Waals surface area contributed by atoms with Crippen molar-refractivity contribution in [2.45, 2.75) is 13.0 Å². The maximum absolute atomic E-state index is 12.3. The van der Waals surface area contributed by atoms with Crippen LogP contribution in [0.1, 0.15) is 18.9 Å². The third-order valence-electron chi connectivity index (χ3n) is 4.14. The van der Waals surface area contributed by atoms with Gasteiger partial charge in [0.25, 0.3) is 0 Å². The van der Waals surface area contributed by atoms with Crippen LogP contribution in [-0.2, 0) is 4.79 Å². The van der Waals surface area contributed by atoms with Crippen LogP contribution in [0.3, 0.4) is 0 Å². The van der Waals surface area contributed by atoms with Gasteiger partial charge in [-0.3, -0.25) is 9.69 Å². The molecule has 3 rings (SSSR count). The molecule has 3 aromatic rings. The molecule has 1 aromatic heterocycles. The van der Waals surface area contributed by atoms with Crippen LogP contribution >= 0.6 is 34.8 Å². The molecule has 0 saturated carbocycles. The Morgan fingerprint density at radius 1 is 1.11 bits per heavy atom. The first kappa shape index (κ1) is 20.6. The molecule has 9 heteroatoms. The molecule has 0 radical (unpaired) electrons. The van der Waals surface area contributed by atoms with E-state index < -0.39 is 0 Å². The molecule has 6 nitrogen and oxygen atoms in total.